The molecule has 0 aromatic heterocycles. The number of rotatable bonds is 5. The second-order valence-corrected chi connectivity index (χ2v) is 5.62. The first-order valence-corrected chi connectivity index (χ1v) is 7.62. The van der Waals surface area contributed by atoms with Crippen molar-refractivity contribution in [2.75, 3.05) is 7.11 Å². The predicted octanol–water partition coefficient (Wildman–Crippen LogP) is 3.56. The molecule has 0 radical (unpaired) electrons. The van der Waals surface area contributed by atoms with Crippen molar-refractivity contribution in [2.24, 2.45) is 5.92 Å². The first kappa shape index (κ1) is 15.4. The Morgan fingerprint density at radius 2 is 1.61 bits per heavy atom. The third kappa shape index (κ3) is 3.15. The van der Waals surface area contributed by atoms with Crippen molar-refractivity contribution >= 4 is 17.1 Å². The Kier molecular flexibility index (Phi) is 4.49. The van der Waals surface area contributed by atoms with Gasteiger partial charge in [-0.15, -0.1) is 0 Å². The van der Waals surface area contributed by atoms with E-state index in [2.05, 4.69) is 0 Å². The van der Waals surface area contributed by atoms with Crippen LogP contribution in [0.15, 0.2) is 66.7 Å². The average Bonchev–Trinajstić information content (AvgIpc) is 2.92. The van der Waals surface area contributed by atoms with Crippen LogP contribution in [0, 0.1) is 5.92 Å². The number of carbonyl (C=O) groups is 2. The zero-order chi connectivity index (χ0) is 16.2. The molecule has 0 amide bonds. The van der Waals surface area contributed by atoms with E-state index in [1.54, 1.807) is 18.2 Å². The summed E-state index contributed by atoms with van der Waals surface area (Å²) in [6.45, 7) is 0. The normalized spacial score (nSPS) is 20.4. The molecular formula is C20H18O3. The zero-order valence-corrected chi connectivity index (χ0v) is 12.9. The third-order valence-corrected chi connectivity index (χ3v) is 4.21. The van der Waals surface area contributed by atoms with Crippen LogP contribution in [0.4, 0.5) is 0 Å². The minimum atomic E-state index is -0.585. The van der Waals surface area contributed by atoms with Gasteiger partial charge in [0.1, 0.15) is 6.10 Å². The molecule has 3 rings (SSSR count). The Bertz CT molecular complexity index is 732. The van der Waals surface area contributed by atoms with Crippen LogP contribution in [0.3, 0.4) is 0 Å². The molecule has 0 spiro atoms. The summed E-state index contributed by atoms with van der Waals surface area (Å²) in [5.41, 5.74) is 2.51. The number of hydrogen-bond acceptors (Lipinski definition) is 3. The molecule has 2 aromatic rings. The molecule has 3 heteroatoms. The maximum atomic E-state index is 12.6. The molecule has 0 heterocycles. The van der Waals surface area contributed by atoms with E-state index >= 15 is 0 Å². The van der Waals surface area contributed by atoms with Gasteiger partial charge in [0.15, 0.2) is 11.6 Å². The number of ether oxygens (including phenoxy) is 1. The van der Waals surface area contributed by atoms with Gasteiger partial charge in [0.2, 0.25) is 0 Å². The largest absolute Gasteiger partial charge is 0.373 e. The van der Waals surface area contributed by atoms with Crippen LogP contribution in [0.1, 0.15) is 22.3 Å². The molecule has 2 aromatic carbocycles. The number of carbonyl (C=O) groups excluding carboxylic acids is 2. The summed E-state index contributed by atoms with van der Waals surface area (Å²) in [7, 11) is 1.52. The summed E-state index contributed by atoms with van der Waals surface area (Å²) < 4.78 is 5.37. The van der Waals surface area contributed by atoms with Crippen LogP contribution in [-0.4, -0.2) is 24.8 Å². The Morgan fingerprint density at radius 3 is 2.22 bits per heavy atom. The van der Waals surface area contributed by atoms with Gasteiger partial charge in [0.25, 0.3) is 0 Å². The van der Waals surface area contributed by atoms with Gasteiger partial charge < -0.3 is 4.74 Å². The summed E-state index contributed by atoms with van der Waals surface area (Å²) in [5.74, 6) is -0.297. The highest BCUT2D eigenvalue weighted by Gasteiger charge is 2.38. The molecular weight excluding hydrogens is 288 g/mol. The van der Waals surface area contributed by atoms with Crippen molar-refractivity contribution in [3.63, 3.8) is 0 Å². The zero-order valence-electron chi connectivity index (χ0n) is 12.9. The number of methoxy groups -OCH3 is 1. The minimum absolute atomic E-state index is 0.0224. The smallest absolute Gasteiger partial charge is 0.185 e. The number of Topliss-reactive ketones (excluding diaryl/α,β-unsaturated/α-hetero) is 1. The second kappa shape index (κ2) is 6.71. The lowest BCUT2D eigenvalue weighted by molar-refractivity contribution is -0.124. The van der Waals surface area contributed by atoms with E-state index in [4.69, 9.17) is 4.74 Å². The second-order valence-electron chi connectivity index (χ2n) is 5.62. The number of hydrogen-bond donors (Lipinski definition) is 0. The van der Waals surface area contributed by atoms with Gasteiger partial charge in [-0.25, -0.2) is 0 Å². The maximum Gasteiger partial charge on any atom is 0.185 e. The van der Waals surface area contributed by atoms with E-state index in [0.717, 1.165) is 11.1 Å². The molecule has 23 heavy (non-hydrogen) atoms. The van der Waals surface area contributed by atoms with Crippen LogP contribution in [0.5, 0.6) is 0 Å². The van der Waals surface area contributed by atoms with Gasteiger partial charge in [0, 0.05) is 25.0 Å². The van der Waals surface area contributed by atoms with Crippen molar-refractivity contribution in [3.05, 3.63) is 77.9 Å². The van der Waals surface area contributed by atoms with Crippen molar-refractivity contribution in [1.29, 1.82) is 0 Å². The van der Waals surface area contributed by atoms with Crippen molar-refractivity contribution in [3.8, 4) is 0 Å². The average molecular weight is 306 g/mol. The summed E-state index contributed by atoms with van der Waals surface area (Å²) in [5, 5.41) is 0. The van der Waals surface area contributed by atoms with E-state index in [1.165, 1.54) is 7.11 Å². The van der Waals surface area contributed by atoms with Gasteiger partial charge in [-0.2, -0.15) is 0 Å². The lowest BCUT2D eigenvalue weighted by atomic mass is 9.87. The number of benzene rings is 2. The van der Waals surface area contributed by atoms with Crippen molar-refractivity contribution in [2.45, 2.75) is 12.5 Å². The number of ketones is 2. The highest BCUT2D eigenvalue weighted by atomic mass is 16.5. The Labute approximate surface area is 135 Å². The van der Waals surface area contributed by atoms with E-state index in [0.29, 0.717) is 5.56 Å². The molecule has 0 aliphatic heterocycles. The van der Waals surface area contributed by atoms with Gasteiger partial charge in [-0.05, 0) is 17.2 Å². The monoisotopic (exact) mass is 306 g/mol. The quantitative estimate of drug-likeness (QED) is 0.793. The van der Waals surface area contributed by atoms with Crippen LogP contribution in [0.25, 0.3) is 5.57 Å². The highest BCUT2D eigenvalue weighted by molar-refractivity contribution is 6.08. The third-order valence-electron chi connectivity index (χ3n) is 4.21. The van der Waals surface area contributed by atoms with Gasteiger partial charge in [-0.1, -0.05) is 60.7 Å². The van der Waals surface area contributed by atoms with Crippen LogP contribution in [0.2, 0.25) is 0 Å². The molecule has 0 saturated heterocycles. The minimum Gasteiger partial charge on any atom is -0.373 e. The van der Waals surface area contributed by atoms with Crippen molar-refractivity contribution < 1.29 is 14.3 Å². The summed E-state index contributed by atoms with van der Waals surface area (Å²) in [6.07, 6.45) is 1.29. The van der Waals surface area contributed by atoms with E-state index in [-0.39, 0.29) is 23.9 Å². The lowest BCUT2D eigenvalue weighted by Gasteiger charge is -2.20. The van der Waals surface area contributed by atoms with E-state index < -0.39 is 6.10 Å². The van der Waals surface area contributed by atoms with E-state index in [9.17, 15) is 9.59 Å². The standard InChI is InChI=1S/C20H18O3/c1-23-20-17(13-18(21)15-10-6-3-7-11-15)16(12-19(20)22)14-8-4-2-5-9-14/h2-12,17,20H,13H2,1H3. The molecule has 0 saturated carbocycles. The van der Waals surface area contributed by atoms with Gasteiger partial charge >= 0.3 is 0 Å². The fraction of sp³-hybridized carbons (Fsp3) is 0.200. The van der Waals surface area contributed by atoms with Gasteiger partial charge in [-0.3, -0.25) is 9.59 Å². The topological polar surface area (TPSA) is 43.4 Å². The summed E-state index contributed by atoms with van der Waals surface area (Å²) >= 11 is 0. The lowest BCUT2D eigenvalue weighted by Crippen LogP contribution is -2.27. The molecule has 0 N–H and O–H groups in total. The van der Waals surface area contributed by atoms with Gasteiger partial charge in [0.05, 0.1) is 0 Å². The van der Waals surface area contributed by atoms with Crippen LogP contribution < -0.4 is 0 Å². The fourth-order valence-corrected chi connectivity index (χ4v) is 3.07. The Hall–Kier alpha value is -2.52. The molecule has 3 nitrogen and oxygen atoms in total. The summed E-state index contributed by atoms with van der Waals surface area (Å²) in [6, 6.07) is 18.9. The van der Waals surface area contributed by atoms with E-state index in [1.807, 2.05) is 48.5 Å². The highest BCUT2D eigenvalue weighted by Crippen LogP contribution is 2.36. The molecule has 2 atom stereocenters. The van der Waals surface area contributed by atoms with Crippen molar-refractivity contribution in [1.82, 2.24) is 0 Å². The molecule has 1 aliphatic rings. The Morgan fingerprint density at radius 1 is 1.00 bits per heavy atom. The SMILES string of the molecule is COC1C(=O)C=C(c2ccccc2)C1CC(=O)c1ccccc1. The molecule has 0 bridgehead atoms. The molecule has 116 valence electrons. The maximum absolute atomic E-state index is 12.6. The molecule has 0 fully saturated rings. The van der Waals surface area contributed by atoms with Crippen LogP contribution in [-0.2, 0) is 9.53 Å². The summed E-state index contributed by atoms with van der Waals surface area (Å²) in [4.78, 5) is 24.8. The molecule has 2 unspecified atom stereocenters. The molecule has 1 aliphatic carbocycles. The van der Waals surface area contributed by atoms with Crippen LogP contribution >= 0.6 is 0 Å². The Balaban J connectivity index is 1.89. The first-order valence-electron chi connectivity index (χ1n) is 7.62. The fourth-order valence-electron chi connectivity index (χ4n) is 3.07. The first-order chi connectivity index (χ1) is 11.2. The predicted molar refractivity (Wildman–Crippen MR) is 89.1 cm³/mol.